The molecule has 1 aliphatic rings. The highest BCUT2D eigenvalue weighted by Gasteiger charge is 2.48. The minimum atomic E-state index is -1.13. The average Bonchev–Trinajstić information content (AvgIpc) is 2.98. The molecular formula is C24H18ClN3O2. The van der Waals surface area contributed by atoms with E-state index in [0.29, 0.717) is 16.1 Å². The maximum absolute atomic E-state index is 13.1. The zero-order valence-corrected chi connectivity index (χ0v) is 17.0. The topological polar surface area (TPSA) is 73.2 Å². The first-order valence-corrected chi connectivity index (χ1v) is 9.79. The van der Waals surface area contributed by atoms with E-state index in [1.807, 2.05) is 42.5 Å². The van der Waals surface area contributed by atoms with Crippen LogP contribution in [0, 0.1) is 11.3 Å². The van der Waals surface area contributed by atoms with E-state index < -0.39 is 11.6 Å². The number of hydrogen-bond acceptors (Lipinski definition) is 3. The Morgan fingerprint density at radius 1 is 1.00 bits per heavy atom. The molecule has 0 bridgehead atoms. The summed E-state index contributed by atoms with van der Waals surface area (Å²) in [6.07, 6.45) is 0. The highest BCUT2D eigenvalue weighted by Crippen LogP contribution is 2.31. The van der Waals surface area contributed by atoms with Crippen molar-refractivity contribution in [3.8, 4) is 17.2 Å². The zero-order valence-electron chi connectivity index (χ0n) is 16.2. The van der Waals surface area contributed by atoms with Gasteiger partial charge in [-0.1, -0.05) is 66.2 Å². The number of halogens is 1. The molecule has 6 heteroatoms. The van der Waals surface area contributed by atoms with E-state index in [1.54, 1.807) is 37.3 Å². The molecule has 0 radical (unpaired) electrons. The number of rotatable bonds is 4. The molecule has 30 heavy (non-hydrogen) atoms. The minimum Gasteiger partial charge on any atom is -0.319 e. The lowest BCUT2D eigenvalue weighted by atomic mass is 9.92. The number of nitrogens with zero attached hydrogens (tertiary/aromatic N) is 2. The number of urea groups is 1. The van der Waals surface area contributed by atoms with Crippen molar-refractivity contribution < 1.29 is 9.59 Å². The molecule has 1 aliphatic heterocycles. The lowest BCUT2D eigenvalue weighted by Crippen LogP contribution is -2.40. The van der Waals surface area contributed by atoms with Crippen LogP contribution in [0.5, 0.6) is 0 Å². The summed E-state index contributed by atoms with van der Waals surface area (Å²) in [5.74, 6) is -0.311. The third-order valence-electron chi connectivity index (χ3n) is 5.35. The van der Waals surface area contributed by atoms with Crippen LogP contribution in [-0.2, 0) is 16.9 Å². The van der Waals surface area contributed by atoms with Crippen molar-refractivity contribution >= 4 is 23.5 Å². The van der Waals surface area contributed by atoms with Crippen LogP contribution in [0.25, 0.3) is 11.1 Å². The summed E-state index contributed by atoms with van der Waals surface area (Å²) < 4.78 is 0. The number of imide groups is 1. The van der Waals surface area contributed by atoms with Crippen LogP contribution in [0.1, 0.15) is 23.6 Å². The second-order valence-corrected chi connectivity index (χ2v) is 7.74. The first-order valence-electron chi connectivity index (χ1n) is 9.41. The Hall–Kier alpha value is -3.62. The third kappa shape index (κ3) is 3.42. The maximum Gasteiger partial charge on any atom is 0.325 e. The van der Waals surface area contributed by atoms with Gasteiger partial charge < -0.3 is 5.32 Å². The molecule has 0 spiro atoms. The number of nitrogens with one attached hydrogen (secondary N) is 1. The van der Waals surface area contributed by atoms with Crippen molar-refractivity contribution in [2.24, 2.45) is 0 Å². The van der Waals surface area contributed by atoms with Crippen LogP contribution < -0.4 is 5.32 Å². The summed E-state index contributed by atoms with van der Waals surface area (Å²) in [6, 6.07) is 23.5. The first kappa shape index (κ1) is 19.7. The van der Waals surface area contributed by atoms with Gasteiger partial charge >= 0.3 is 6.03 Å². The predicted octanol–water partition coefficient (Wildman–Crippen LogP) is 4.85. The maximum atomic E-state index is 13.1. The Bertz CT molecular complexity index is 1170. The van der Waals surface area contributed by atoms with E-state index in [9.17, 15) is 14.9 Å². The van der Waals surface area contributed by atoms with Gasteiger partial charge in [-0.3, -0.25) is 9.69 Å². The van der Waals surface area contributed by atoms with Crippen LogP contribution in [0.4, 0.5) is 4.79 Å². The largest absolute Gasteiger partial charge is 0.325 e. The molecule has 0 aliphatic carbocycles. The van der Waals surface area contributed by atoms with Crippen LogP contribution in [-0.4, -0.2) is 16.8 Å². The van der Waals surface area contributed by atoms with Gasteiger partial charge in [-0.2, -0.15) is 5.26 Å². The van der Waals surface area contributed by atoms with E-state index >= 15 is 0 Å². The standard InChI is InChI=1S/C24H18ClN3O2/c1-24(19-10-12-20(25)13-11-19)22(29)28(23(30)27-24)15-16-6-8-17(9-7-16)21-5-3-2-4-18(21)14-26/h2-13H,15H2,1H3,(H,27,30)/t24-/m0/s1. The van der Waals surface area contributed by atoms with Crippen LogP contribution in [0.2, 0.25) is 5.02 Å². The summed E-state index contributed by atoms with van der Waals surface area (Å²) in [6.45, 7) is 1.85. The molecule has 3 aromatic rings. The smallest absolute Gasteiger partial charge is 0.319 e. The second kappa shape index (κ2) is 7.66. The lowest BCUT2D eigenvalue weighted by molar-refractivity contribution is -0.131. The van der Waals surface area contributed by atoms with Gasteiger partial charge in [-0.25, -0.2) is 4.79 Å². The minimum absolute atomic E-state index is 0.161. The Balaban J connectivity index is 1.56. The van der Waals surface area contributed by atoms with Crippen LogP contribution in [0.15, 0.2) is 72.8 Å². The van der Waals surface area contributed by atoms with E-state index in [0.717, 1.165) is 16.7 Å². The molecule has 1 saturated heterocycles. The molecule has 3 amide bonds. The van der Waals surface area contributed by atoms with Crippen molar-refractivity contribution in [2.75, 3.05) is 0 Å². The van der Waals surface area contributed by atoms with Crippen LogP contribution >= 0.6 is 11.6 Å². The molecule has 0 saturated carbocycles. The van der Waals surface area contributed by atoms with Gasteiger partial charge in [0.2, 0.25) is 0 Å². The average molecular weight is 416 g/mol. The molecule has 4 rings (SSSR count). The normalized spacial score (nSPS) is 18.2. The summed E-state index contributed by atoms with van der Waals surface area (Å²) in [7, 11) is 0. The van der Waals surface area contributed by atoms with Gasteiger partial charge in [0.05, 0.1) is 18.2 Å². The van der Waals surface area contributed by atoms with Crippen molar-refractivity contribution in [3.05, 3.63) is 94.5 Å². The zero-order chi connectivity index (χ0) is 21.3. The fraction of sp³-hybridized carbons (Fsp3) is 0.125. The molecule has 0 unspecified atom stereocenters. The van der Waals surface area contributed by atoms with E-state index in [2.05, 4.69) is 11.4 Å². The number of amides is 3. The molecule has 1 fully saturated rings. The van der Waals surface area contributed by atoms with E-state index in [4.69, 9.17) is 11.6 Å². The number of carbonyl (C=O) groups excluding carboxylic acids is 2. The molecule has 1 N–H and O–H groups in total. The molecule has 1 heterocycles. The van der Waals surface area contributed by atoms with Crippen LogP contribution in [0.3, 0.4) is 0 Å². The highest BCUT2D eigenvalue weighted by atomic mass is 35.5. The molecule has 0 aromatic heterocycles. The van der Waals surface area contributed by atoms with Gasteiger partial charge in [0.1, 0.15) is 5.54 Å². The van der Waals surface area contributed by atoms with E-state index in [-0.39, 0.29) is 12.5 Å². The number of carbonyl (C=O) groups is 2. The molecule has 1 atom stereocenters. The number of benzene rings is 3. The lowest BCUT2D eigenvalue weighted by Gasteiger charge is -2.22. The number of hydrogen-bond donors (Lipinski definition) is 1. The van der Waals surface area contributed by atoms with Gasteiger partial charge in [-0.05, 0) is 47.4 Å². The number of nitriles is 1. The predicted molar refractivity (Wildman–Crippen MR) is 114 cm³/mol. The van der Waals surface area contributed by atoms with Gasteiger partial charge in [0.25, 0.3) is 5.91 Å². The molecule has 3 aromatic carbocycles. The first-order chi connectivity index (χ1) is 14.4. The second-order valence-electron chi connectivity index (χ2n) is 7.31. The highest BCUT2D eigenvalue weighted by molar-refractivity contribution is 6.30. The SMILES string of the molecule is C[C@@]1(c2ccc(Cl)cc2)NC(=O)N(Cc2ccc(-c3ccccc3C#N)cc2)C1=O. The monoisotopic (exact) mass is 415 g/mol. The van der Waals surface area contributed by atoms with Gasteiger partial charge in [-0.15, -0.1) is 0 Å². The quantitative estimate of drug-likeness (QED) is 0.619. The van der Waals surface area contributed by atoms with Crippen molar-refractivity contribution in [1.29, 1.82) is 5.26 Å². The molecule has 5 nitrogen and oxygen atoms in total. The fourth-order valence-electron chi connectivity index (χ4n) is 3.62. The summed E-state index contributed by atoms with van der Waals surface area (Å²) in [4.78, 5) is 26.8. The van der Waals surface area contributed by atoms with E-state index in [1.165, 1.54) is 4.90 Å². The summed E-state index contributed by atoms with van der Waals surface area (Å²) in [5, 5.41) is 12.7. The molecule has 148 valence electrons. The van der Waals surface area contributed by atoms with Crippen molar-refractivity contribution in [2.45, 2.75) is 19.0 Å². The van der Waals surface area contributed by atoms with Crippen molar-refractivity contribution in [3.63, 3.8) is 0 Å². The fourth-order valence-corrected chi connectivity index (χ4v) is 3.75. The van der Waals surface area contributed by atoms with Gasteiger partial charge in [0, 0.05) is 5.02 Å². The van der Waals surface area contributed by atoms with Gasteiger partial charge in [0.15, 0.2) is 0 Å². The Labute approximate surface area is 179 Å². The molecular weight excluding hydrogens is 398 g/mol. The summed E-state index contributed by atoms with van der Waals surface area (Å²) in [5.41, 5.74) is 2.70. The van der Waals surface area contributed by atoms with Crippen molar-refractivity contribution in [1.82, 2.24) is 10.2 Å². The summed E-state index contributed by atoms with van der Waals surface area (Å²) >= 11 is 5.94. The Morgan fingerprint density at radius 3 is 2.33 bits per heavy atom. The third-order valence-corrected chi connectivity index (χ3v) is 5.60. The Morgan fingerprint density at radius 2 is 1.67 bits per heavy atom. The Kier molecular flexibility index (Phi) is 5.03.